The van der Waals surface area contributed by atoms with Gasteiger partial charge >= 0.3 is 0 Å². The number of carbonyl (C=O) groups excluding carboxylic acids is 2. The Morgan fingerprint density at radius 3 is 2.39 bits per heavy atom. The molecule has 0 aliphatic heterocycles. The molecule has 1 fully saturated rings. The summed E-state index contributed by atoms with van der Waals surface area (Å²) in [4.78, 5) is 28.7. The summed E-state index contributed by atoms with van der Waals surface area (Å²) < 4.78 is 2.60. The molecule has 28 heavy (non-hydrogen) atoms. The zero-order chi connectivity index (χ0) is 19.6. The van der Waals surface area contributed by atoms with Gasteiger partial charge in [-0.1, -0.05) is 28.1 Å². The molecule has 2 N–H and O–H groups in total. The van der Waals surface area contributed by atoms with Gasteiger partial charge in [-0.2, -0.15) is 5.10 Å². The number of amides is 2. The lowest BCUT2D eigenvalue weighted by molar-refractivity contribution is -0.126. The topological polar surface area (TPSA) is 88.9 Å². The zero-order valence-corrected chi connectivity index (χ0v) is 16.5. The van der Waals surface area contributed by atoms with Crippen LogP contribution in [0.15, 0.2) is 65.7 Å². The average molecular weight is 440 g/mol. The van der Waals surface area contributed by atoms with Crippen LogP contribution in [0, 0.1) is 0 Å². The predicted molar refractivity (Wildman–Crippen MR) is 108 cm³/mol. The van der Waals surface area contributed by atoms with Crippen molar-refractivity contribution < 1.29 is 9.59 Å². The van der Waals surface area contributed by atoms with Crippen LogP contribution < -0.4 is 10.6 Å². The minimum Gasteiger partial charge on any atom is -0.346 e. The van der Waals surface area contributed by atoms with Gasteiger partial charge in [0.15, 0.2) is 0 Å². The van der Waals surface area contributed by atoms with E-state index in [1.807, 2.05) is 36.4 Å². The monoisotopic (exact) mass is 439 g/mol. The third-order valence-electron chi connectivity index (χ3n) is 4.83. The van der Waals surface area contributed by atoms with Gasteiger partial charge in [-0.3, -0.25) is 9.59 Å². The maximum Gasteiger partial charge on any atom is 0.243 e. The smallest absolute Gasteiger partial charge is 0.243 e. The minimum atomic E-state index is -0.500. The molecule has 2 amide bonds. The van der Waals surface area contributed by atoms with Gasteiger partial charge in [0.2, 0.25) is 11.8 Å². The lowest BCUT2D eigenvalue weighted by atomic mass is 9.95. The molecule has 1 aliphatic carbocycles. The maximum atomic E-state index is 12.6. The number of nitrogens with zero attached hydrogens (tertiary/aromatic N) is 3. The molecule has 1 heterocycles. The standard InChI is InChI=1S/C20H18BrN5O2/c21-15-3-1-14(2-4-15)20(9-10-20)19(28)23-11-18(27)25-16-5-7-17(8-6-16)26-13-22-12-24-26/h1-8,12-13H,9-11H2,(H,23,28)(H,25,27). The van der Waals surface area contributed by atoms with Crippen molar-refractivity contribution in [3.63, 3.8) is 0 Å². The normalized spacial score (nSPS) is 14.3. The number of hydrogen-bond donors (Lipinski definition) is 2. The molecule has 1 saturated carbocycles. The molecule has 0 saturated heterocycles. The van der Waals surface area contributed by atoms with Gasteiger partial charge in [0, 0.05) is 10.2 Å². The SMILES string of the molecule is O=C(CNC(=O)C1(c2ccc(Br)cc2)CC1)Nc1ccc(-n2cncn2)cc1. The first-order chi connectivity index (χ1) is 13.6. The Kier molecular flexibility index (Phi) is 4.95. The van der Waals surface area contributed by atoms with E-state index in [1.165, 1.54) is 6.33 Å². The first-order valence-corrected chi connectivity index (χ1v) is 9.65. The molecule has 0 atom stereocenters. The van der Waals surface area contributed by atoms with E-state index in [4.69, 9.17) is 0 Å². The van der Waals surface area contributed by atoms with Crippen LogP contribution in [0.25, 0.3) is 5.69 Å². The van der Waals surface area contributed by atoms with Crippen LogP contribution in [-0.4, -0.2) is 33.1 Å². The van der Waals surface area contributed by atoms with Crippen molar-refractivity contribution in [1.82, 2.24) is 20.1 Å². The first kappa shape index (κ1) is 18.4. The van der Waals surface area contributed by atoms with Crippen molar-refractivity contribution in [2.75, 3.05) is 11.9 Å². The van der Waals surface area contributed by atoms with E-state index in [-0.39, 0.29) is 18.4 Å². The van der Waals surface area contributed by atoms with Crippen molar-refractivity contribution in [2.24, 2.45) is 0 Å². The Labute approximate surface area is 170 Å². The minimum absolute atomic E-state index is 0.0675. The van der Waals surface area contributed by atoms with Crippen LogP contribution in [0.3, 0.4) is 0 Å². The Bertz CT molecular complexity index is 980. The number of aromatic nitrogens is 3. The quantitative estimate of drug-likeness (QED) is 0.617. The first-order valence-electron chi connectivity index (χ1n) is 8.86. The summed E-state index contributed by atoms with van der Waals surface area (Å²) in [6.07, 6.45) is 4.65. The van der Waals surface area contributed by atoms with E-state index in [9.17, 15) is 9.59 Å². The molecule has 3 aromatic rings. The fourth-order valence-corrected chi connectivity index (χ4v) is 3.38. The highest BCUT2D eigenvalue weighted by Gasteiger charge is 2.51. The van der Waals surface area contributed by atoms with E-state index >= 15 is 0 Å². The van der Waals surface area contributed by atoms with Gasteiger partial charge in [-0.05, 0) is 54.8 Å². The number of hydrogen-bond acceptors (Lipinski definition) is 4. The van der Waals surface area contributed by atoms with E-state index < -0.39 is 5.41 Å². The lowest BCUT2D eigenvalue weighted by Gasteiger charge is -2.16. The fraction of sp³-hybridized carbons (Fsp3) is 0.200. The number of carbonyl (C=O) groups is 2. The zero-order valence-electron chi connectivity index (χ0n) is 14.9. The summed E-state index contributed by atoms with van der Waals surface area (Å²) in [5, 5.41) is 9.60. The Balaban J connectivity index is 1.32. The summed E-state index contributed by atoms with van der Waals surface area (Å²) in [6.45, 7) is -0.0675. The molecule has 8 heteroatoms. The van der Waals surface area contributed by atoms with Crippen LogP contribution in [0.5, 0.6) is 0 Å². The third kappa shape index (κ3) is 3.82. The average Bonchev–Trinajstić information content (AvgIpc) is 3.33. The number of halogens is 1. The van der Waals surface area contributed by atoms with Crippen LogP contribution >= 0.6 is 15.9 Å². The van der Waals surface area contributed by atoms with Gasteiger partial charge < -0.3 is 10.6 Å². The maximum absolute atomic E-state index is 12.6. The van der Waals surface area contributed by atoms with Gasteiger partial charge in [0.05, 0.1) is 17.6 Å². The fourth-order valence-electron chi connectivity index (χ4n) is 3.11. The van der Waals surface area contributed by atoms with Crippen LogP contribution in [0.2, 0.25) is 0 Å². The van der Waals surface area contributed by atoms with Gasteiger partial charge in [0.25, 0.3) is 0 Å². The molecule has 1 aromatic heterocycles. The van der Waals surface area contributed by atoms with Gasteiger partial charge in [0.1, 0.15) is 12.7 Å². The molecule has 1 aliphatic rings. The number of benzene rings is 2. The Hall–Kier alpha value is -3.00. The van der Waals surface area contributed by atoms with Crippen molar-refractivity contribution in [2.45, 2.75) is 18.3 Å². The molecule has 0 bridgehead atoms. The van der Waals surface area contributed by atoms with E-state index in [0.29, 0.717) is 5.69 Å². The molecular weight excluding hydrogens is 422 g/mol. The van der Waals surface area contributed by atoms with Crippen molar-refractivity contribution in [3.8, 4) is 5.69 Å². The molecule has 0 radical (unpaired) electrons. The summed E-state index contributed by atoms with van der Waals surface area (Å²) in [5.41, 5.74) is 1.98. The second kappa shape index (κ2) is 7.55. The summed E-state index contributed by atoms with van der Waals surface area (Å²) >= 11 is 3.41. The molecule has 0 spiro atoms. The van der Waals surface area contributed by atoms with Crippen molar-refractivity contribution >= 4 is 33.4 Å². The lowest BCUT2D eigenvalue weighted by Crippen LogP contribution is -2.39. The highest BCUT2D eigenvalue weighted by atomic mass is 79.9. The van der Waals surface area contributed by atoms with Gasteiger partial charge in [-0.15, -0.1) is 0 Å². The second-order valence-corrected chi connectivity index (χ2v) is 7.62. The Morgan fingerprint density at radius 1 is 1.07 bits per heavy atom. The van der Waals surface area contributed by atoms with Crippen LogP contribution in [0.4, 0.5) is 5.69 Å². The largest absolute Gasteiger partial charge is 0.346 e. The van der Waals surface area contributed by atoms with E-state index in [1.54, 1.807) is 23.1 Å². The molecule has 2 aromatic carbocycles. The predicted octanol–water partition coefficient (Wildman–Crippen LogP) is 2.82. The highest BCUT2D eigenvalue weighted by Crippen LogP contribution is 2.48. The van der Waals surface area contributed by atoms with Crippen LogP contribution in [0.1, 0.15) is 18.4 Å². The van der Waals surface area contributed by atoms with Gasteiger partial charge in [-0.25, -0.2) is 9.67 Å². The number of anilines is 1. The summed E-state index contributed by atoms with van der Waals surface area (Å²) in [6, 6.07) is 15.0. The van der Waals surface area contributed by atoms with Crippen molar-refractivity contribution in [1.29, 1.82) is 0 Å². The molecule has 0 unspecified atom stereocenters. The third-order valence-corrected chi connectivity index (χ3v) is 5.35. The van der Waals surface area contributed by atoms with E-state index in [0.717, 1.165) is 28.6 Å². The Morgan fingerprint density at radius 2 is 1.79 bits per heavy atom. The molecular formula is C20H18BrN5O2. The second-order valence-electron chi connectivity index (χ2n) is 6.71. The number of nitrogens with one attached hydrogen (secondary N) is 2. The molecule has 7 nitrogen and oxygen atoms in total. The van der Waals surface area contributed by atoms with Crippen LogP contribution in [-0.2, 0) is 15.0 Å². The summed E-state index contributed by atoms with van der Waals surface area (Å²) in [5.74, 6) is -0.375. The van der Waals surface area contributed by atoms with Crippen molar-refractivity contribution in [3.05, 3.63) is 71.2 Å². The number of rotatable bonds is 6. The molecule has 142 valence electrons. The molecule has 4 rings (SSSR count). The van der Waals surface area contributed by atoms with E-state index in [2.05, 4.69) is 36.6 Å². The highest BCUT2D eigenvalue weighted by molar-refractivity contribution is 9.10. The summed E-state index contributed by atoms with van der Waals surface area (Å²) in [7, 11) is 0.